The van der Waals surface area contributed by atoms with E-state index in [1.54, 1.807) is 18.7 Å². The molecule has 0 aromatic rings. The van der Waals surface area contributed by atoms with Crippen molar-refractivity contribution < 1.29 is 9.59 Å². The Kier molecular flexibility index (Phi) is 3.89. The molecular formula is C14H24N2O2. The summed E-state index contributed by atoms with van der Waals surface area (Å²) in [5.41, 5.74) is -1.10. The maximum absolute atomic E-state index is 12.4. The highest BCUT2D eigenvalue weighted by Gasteiger charge is 2.48. The number of nitrogens with zero attached hydrogens (tertiary/aromatic N) is 1. The average molecular weight is 252 g/mol. The smallest absolute Gasteiger partial charge is 0.248 e. The number of hydrogen-bond donors (Lipinski definition) is 1. The fourth-order valence-electron chi connectivity index (χ4n) is 2.32. The number of carbonyl (C=O) groups is 2. The van der Waals surface area contributed by atoms with Crippen LogP contribution in [0.5, 0.6) is 0 Å². The van der Waals surface area contributed by atoms with E-state index in [-0.39, 0.29) is 17.2 Å². The molecule has 102 valence electrons. The van der Waals surface area contributed by atoms with Gasteiger partial charge in [0.25, 0.3) is 0 Å². The maximum Gasteiger partial charge on any atom is 0.248 e. The van der Waals surface area contributed by atoms with E-state index in [4.69, 9.17) is 0 Å². The summed E-state index contributed by atoms with van der Waals surface area (Å²) in [6.07, 6.45) is 3.80. The minimum Gasteiger partial charge on any atom is -0.340 e. The molecule has 1 rings (SSSR count). The third kappa shape index (κ3) is 2.74. The van der Waals surface area contributed by atoms with Crippen LogP contribution in [0.15, 0.2) is 12.2 Å². The topological polar surface area (TPSA) is 49.4 Å². The average Bonchev–Trinajstić information content (AvgIpc) is 2.18. The minimum atomic E-state index is -0.819. The summed E-state index contributed by atoms with van der Waals surface area (Å²) >= 11 is 0. The summed E-state index contributed by atoms with van der Waals surface area (Å²) in [5, 5.41) is 2.81. The van der Waals surface area contributed by atoms with Crippen molar-refractivity contribution in [3.63, 3.8) is 0 Å². The van der Waals surface area contributed by atoms with Gasteiger partial charge in [0.05, 0.1) is 0 Å². The zero-order valence-electron chi connectivity index (χ0n) is 12.2. The van der Waals surface area contributed by atoms with Gasteiger partial charge in [-0.2, -0.15) is 0 Å². The van der Waals surface area contributed by atoms with Gasteiger partial charge < -0.3 is 10.2 Å². The van der Waals surface area contributed by atoms with Gasteiger partial charge in [-0.25, -0.2) is 0 Å². The first-order chi connectivity index (χ1) is 8.11. The molecule has 4 heteroatoms. The van der Waals surface area contributed by atoms with Crippen LogP contribution in [0.2, 0.25) is 0 Å². The second kappa shape index (κ2) is 4.75. The van der Waals surface area contributed by atoms with E-state index in [2.05, 4.69) is 5.32 Å². The molecule has 1 N–H and O–H groups in total. The zero-order valence-corrected chi connectivity index (χ0v) is 12.2. The van der Waals surface area contributed by atoms with Crippen LogP contribution < -0.4 is 5.32 Å². The van der Waals surface area contributed by atoms with Crippen molar-refractivity contribution >= 4 is 11.8 Å². The van der Waals surface area contributed by atoms with Crippen LogP contribution in [-0.4, -0.2) is 34.8 Å². The molecule has 0 spiro atoms. The highest BCUT2D eigenvalue weighted by Crippen LogP contribution is 2.30. The lowest BCUT2D eigenvalue weighted by Gasteiger charge is -2.47. The Hall–Kier alpha value is -1.32. The first-order valence-electron chi connectivity index (χ1n) is 6.35. The molecule has 0 saturated carbocycles. The summed E-state index contributed by atoms with van der Waals surface area (Å²) in [7, 11) is 0. The molecule has 18 heavy (non-hydrogen) atoms. The quantitative estimate of drug-likeness (QED) is 0.761. The molecule has 1 saturated heterocycles. The molecule has 0 aromatic heterocycles. The predicted molar refractivity (Wildman–Crippen MR) is 72.0 cm³/mol. The van der Waals surface area contributed by atoms with Gasteiger partial charge in [-0.15, -0.1) is 0 Å². The van der Waals surface area contributed by atoms with Crippen molar-refractivity contribution in [3.05, 3.63) is 12.2 Å². The fraction of sp³-hybridized carbons (Fsp3) is 0.714. The second-order valence-electron chi connectivity index (χ2n) is 6.41. The third-order valence-electron chi connectivity index (χ3n) is 3.15. The van der Waals surface area contributed by atoms with E-state index in [1.165, 1.54) is 0 Å². The Bertz CT molecular complexity index is 378. The fourth-order valence-corrected chi connectivity index (χ4v) is 2.32. The lowest BCUT2D eigenvalue weighted by atomic mass is 9.81. The van der Waals surface area contributed by atoms with E-state index in [0.29, 0.717) is 6.54 Å². The standard InChI is InChI=1S/C14H24N2O2/c1-7-8-9-16-10(13(2,3)4)11(17)15-14(5,6)12(16)18/h7-8,10H,9H2,1-6H3,(H,15,17)/b8-7+. The molecule has 0 aliphatic carbocycles. The molecule has 1 unspecified atom stereocenters. The molecule has 1 aliphatic heterocycles. The van der Waals surface area contributed by atoms with E-state index in [0.717, 1.165) is 0 Å². The number of nitrogens with one attached hydrogen (secondary N) is 1. The van der Waals surface area contributed by atoms with Gasteiger partial charge in [0.2, 0.25) is 11.8 Å². The summed E-state index contributed by atoms with van der Waals surface area (Å²) in [5.74, 6) is -0.100. The van der Waals surface area contributed by atoms with Gasteiger partial charge in [0.15, 0.2) is 0 Å². The third-order valence-corrected chi connectivity index (χ3v) is 3.15. The molecule has 4 nitrogen and oxygen atoms in total. The lowest BCUT2D eigenvalue weighted by molar-refractivity contribution is -0.157. The van der Waals surface area contributed by atoms with Gasteiger partial charge in [-0.3, -0.25) is 9.59 Å². The number of piperazine rings is 1. The Balaban J connectivity index is 3.14. The van der Waals surface area contributed by atoms with Gasteiger partial charge in [0, 0.05) is 6.54 Å². The second-order valence-corrected chi connectivity index (χ2v) is 6.41. The first-order valence-corrected chi connectivity index (χ1v) is 6.35. The molecule has 2 amide bonds. The van der Waals surface area contributed by atoms with Crippen LogP contribution in [0.3, 0.4) is 0 Å². The first kappa shape index (κ1) is 14.7. The summed E-state index contributed by atoms with van der Waals surface area (Å²) in [4.78, 5) is 26.4. The van der Waals surface area contributed by atoms with Crippen molar-refractivity contribution in [1.82, 2.24) is 10.2 Å². The summed E-state index contributed by atoms with van der Waals surface area (Å²) < 4.78 is 0. The Morgan fingerprint density at radius 3 is 2.33 bits per heavy atom. The number of hydrogen-bond acceptors (Lipinski definition) is 2. The van der Waals surface area contributed by atoms with Crippen molar-refractivity contribution in [2.45, 2.75) is 53.1 Å². The normalized spacial score (nSPS) is 24.6. The maximum atomic E-state index is 12.4. The van der Waals surface area contributed by atoms with Crippen molar-refractivity contribution in [3.8, 4) is 0 Å². The van der Waals surface area contributed by atoms with E-state index in [9.17, 15) is 9.59 Å². The largest absolute Gasteiger partial charge is 0.340 e. The SMILES string of the molecule is C/C=C/CN1C(=O)C(C)(C)NC(=O)C1C(C)(C)C. The van der Waals surface area contributed by atoms with E-state index in [1.807, 2.05) is 39.8 Å². The van der Waals surface area contributed by atoms with Crippen LogP contribution in [0.1, 0.15) is 41.5 Å². The molecule has 1 aliphatic rings. The van der Waals surface area contributed by atoms with E-state index < -0.39 is 11.6 Å². The number of rotatable bonds is 2. The van der Waals surface area contributed by atoms with E-state index >= 15 is 0 Å². The van der Waals surface area contributed by atoms with Gasteiger partial charge in [-0.05, 0) is 26.2 Å². The minimum absolute atomic E-state index is 0.0277. The van der Waals surface area contributed by atoms with Crippen molar-refractivity contribution in [2.75, 3.05) is 6.54 Å². The predicted octanol–water partition coefficient (Wildman–Crippen LogP) is 1.71. The number of allylic oxidation sites excluding steroid dienone is 1. The highest BCUT2D eigenvalue weighted by atomic mass is 16.2. The molecule has 0 aromatic carbocycles. The Morgan fingerprint density at radius 1 is 1.33 bits per heavy atom. The lowest BCUT2D eigenvalue weighted by Crippen LogP contribution is -2.70. The molecule has 0 bridgehead atoms. The van der Waals surface area contributed by atoms with Crippen LogP contribution >= 0.6 is 0 Å². The van der Waals surface area contributed by atoms with Crippen LogP contribution in [0.4, 0.5) is 0 Å². The van der Waals surface area contributed by atoms with Crippen LogP contribution in [0.25, 0.3) is 0 Å². The molecule has 1 fully saturated rings. The molecule has 1 atom stereocenters. The van der Waals surface area contributed by atoms with Crippen LogP contribution in [-0.2, 0) is 9.59 Å². The summed E-state index contributed by atoms with van der Waals surface area (Å²) in [6.45, 7) is 11.8. The Morgan fingerprint density at radius 2 is 1.89 bits per heavy atom. The zero-order chi connectivity index (χ0) is 14.1. The van der Waals surface area contributed by atoms with Crippen molar-refractivity contribution in [1.29, 1.82) is 0 Å². The number of amides is 2. The van der Waals surface area contributed by atoms with Gasteiger partial charge >= 0.3 is 0 Å². The molecule has 1 heterocycles. The van der Waals surface area contributed by atoms with Crippen molar-refractivity contribution in [2.24, 2.45) is 5.41 Å². The molecular weight excluding hydrogens is 228 g/mol. The number of carbonyl (C=O) groups excluding carboxylic acids is 2. The Labute approximate surface area is 109 Å². The van der Waals surface area contributed by atoms with Gasteiger partial charge in [0.1, 0.15) is 11.6 Å². The van der Waals surface area contributed by atoms with Crippen LogP contribution in [0, 0.1) is 5.41 Å². The molecule has 0 radical (unpaired) electrons. The monoisotopic (exact) mass is 252 g/mol. The highest BCUT2D eigenvalue weighted by molar-refractivity contribution is 5.99. The van der Waals surface area contributed by atoms with Gasteiger partial charge in [-0.1, -0.05) is 32.9 Å². The summed E-state index contributed by atoms with van der Waals surface area (Å²) in [6, 6.07) is -0.422.